The number of azide groups is 1. The van der Waals surface area contributed by atoms with Crippen LogP contribution in [-0.2, 0) is 33.3 Å². The lowest BCUT2D eigenvalue weighted by atomic mass is 9.88. The molecule has 12 heteroatoms. The van der Waals surface area contributed by atoms with Crippen LogP contribution in [0.15, 0.2) is 5.11 Å². The van der Waals surface area contributed by atoms with Crippen molar-refractivity contribution in [3.63, 3.8) is 0 Å². The molecule has 0 aliphatic carbocycles. The highest BCUT2D eigenvalue weighted by Gasteiger charge is 2.52. The lowest BCUT2D eigenvalue weighted by Gasteiger charge is -2.47. The minimum atomic E-state index is -2.67. The molecule has 1 saturated heterocycles. The average molecular weight is 446 g/mol. The van der Waals surface area contributed by atoms with Crippen LogP contribution >= 0.6 is 0 Å². The Bertz CT molecular complexity index is 702. The molecule has 11 nitrogen and oxygen atoms in total. The van der Waals surface area contributed by atoms with Gasteiger partial charge in [-0.05, 0) is 30.1 Å². The summed E-state index contributed by atoms with van der Waals surface area (Å²) in [7, 11) is -2.67. The maximum absolute atomic E-state index is 11.8. The number of carbonyl (C=O) groups excluding carboxylic acids is 3. The Kier molecular flexibility index (Phi) is 8.85. The van der Waals surface area contributed by atoms with Crippen LogP contribution in [0.4, 0.5) is 0 Å². The van der Waals surface area contributed by atoms with Gasteiger partial charge in [-0.2, -0.15) is 0 Å². The molecule has 0 radical (unpaired) electrons. The van der Waals surface area contributed by atoms with E-state index in [0.717, 1.165) is 0 Å². The lowest BCUT2D eigenvalue weighted by molar-refractivity contribution is -0.221. The van der Waals surface area contributed by atoms with E-state index >= 15 is 0 Å². The maximum atomic E-state index is 11.8. The first-order chi connectivity index (χ1) is 13.7. The third kappa shape index (κ3) is 6.98. The molecule has 1 rings (SSSR count). The summed E-state index contributed by atoms with van der Waals surface area (Å²) in [5.41, 5.74) is 9.10. The summed E-state index contributed by atoms with van der Waals surface area (Å²) >= 11 is 0. The average Bonchev–Trinajstić information content (AvgIpc) is 2.56. The molecule has 0 bridgehead atoms. The molecule has 30 heavy (non-hydrogen) atoms. The molecule has 0 amide bonds. The highest BCUT2D eigenvalue weighted by molar-refractivity contribution is 6.72. The van der Waals surface area contributed by atoms with Crippen molar-refractivity contribution in [1.29, 1.82) is 0 Å². The number of ether oxygens (including phenoxy) is 4. The monoisotopic (exact) mass is 445 g/mol. The predicted molar refractivity (Wildman–Crippen MR) is 108 cm³/mol. The normalized spacial score (nSPS) is 26.9. The smallest absolute Gasteiger partial charge is 0.303 e. The van der Waals surface area contributed by atoms with E-state index in [0.29, 0.717) is 0 Å². The Hall–Kier alpha value is -2.14. The zero-order valence-corrected chi connectivity index (χ0v) is 19.4. The standard InChI is InChI=1S/C18H31N3O8Si/c1-10(22)26-9-14-16(27-11(2)23)17(28-12(3)24)15(20-21-19)13(29-14)8-18(4,5)30(6,7)25/h13-17,25H,8-9H2,1-7H3. The Morgan fingerprint density at radius 2 is 1.60 bits per heavy atom. The van der Waals surface area contributed by atoms with Crippen molar-refractivity contribution in [2.45, 2.75) is 89.6 Å². The molecule has 0 aromatic carbocycles. The number of carbonyl (C=O) groups is 3. The summed E-state index contributed by atoms with van der Waals surface area (Å²) in [6.07, 6.45) is -3.78. The molecule has 1 fully saturated rings. The first-order valence-electron chi connectivity index (χ1n) is 9.59. The lowest BCUT2D eigenvalue weighted by Crippen LogP contribution is -2.61. The molecule has 0 spiro atoms. The number of hydrogen-bond acceptors (Lipinski definition) is 9. The van der Waals surface area contributed by atoms with E-state index in [9.17, 15) is 19.2 Å². The zero-order chi connectivity index (χ0) is 23.3. The van der Waals surface area contributed by atoms with Crippen LogP contribution in [-0.4, -0.2) is 68.1 Å². The Labute approximate surface area is 176 Å². The van der Waals surface area contributed by atoms with Crippen LogP contribution in [0.1, 0.15) is 41.0 Å². The van der Waals surface area contributed by atoms with E-state index in [2.05, 4.69) is 10.0 Å². The van der Waals surface area contributed by atoms with Gasteiger partial charge in [0, 0.05) is 25.7 Å². The fourth-order valence-electron chi connectivity index (χ4n) is 3.12. The van der Waals surface area contributed by atoms with Crippen LogP contribution < -0.4 is 0 Å². The van der Waals surface area contributed by atoms with Gasteiger partial charge in [0.05, 0.1) is 6.10 Å². The third-order valence-electron chi connectivity index (χ3n) is 5.36. The minimum Gasteiger partial charge on any atom is -0.463 e. The van der Waals surface area contributed by atoms with Crippen molar-refractivity contribution >= 4 is 26.2 Å². The summed E-state index contributed by atoms with van der Waals surface area (Å²) in [5, 5.41) is 3.20. The van der Waals surface area contributed by atoms with Crippen molar-refractivity contribution in [1.82, 2.24) is 0 Å². The quantitative estimate of drug-likeness (QED) is 0.149. The third-order valence-corrected chi connectivity index (χ3v) is 8.88. The molecule has 1 N–H and O–H groups in total. The molecule has 0 aromatic rings. The van der Waals surface area contributed by atoms with Gasteiger partial charge in [0.25, 0.3) is 0 Å². The van der Waals surface area contributed by atoms with Gasteiger partial charge in [0.1, 0.15) is 18.8 Å². The summed E-state index contributed by atoms with van der Waals surface area (Å²) in [6, 6.07) is -1.02. The summed E-state index contributed by atoms with van der Waals surface area (Å²) in [6.45, 7) is 10.6. The van der Waals surface area contributed by atoms with Gasteiger partial charge in [0.2, 0.25) is 0 Å². The van der Waals surface area contributed by atoms with Gasteiger partial charge in [-0.3, -0.25) is 14.4 Å². The van der Waals surface area contributed by atoms with Gasteiger partial charge in [0.15, 0.2) is 20.5 Å². The molecule has 170 valence electrons. The van der Waals surface area contributed by atoms with Gasteiger partial charge >= 0.3 is 17.9 Å². The first kappa shape index (κ1) is 25.9. The van der Waals surface area contributed by atoms with Crippen LogP contribution in [0.2, 0.25) is 18.1 Å². The van der Waals surface area contributed by atoms with Crippen molar-refractivity contribution in [3.05, 3.63) is 10.4 Å². The van der Waals surface area contributed by atoms with Crippen molar-refractivity contribution in [2.75, 3.05) is 6.61 Å². The first-order valence-corrected chi connectivity index (χ1v) is 12.5. The number of rotatable bonds is 8. The topological polar surface area (TPSA) is 157 Å². The second-order valence-corrected chi connectivity index (χ2v) is 13.0. The molecule has 0 aromatic heterocycles. The van der Waals surface area contributed by atoms with Crippen LogP contribution in [0, 0.1) is 0 Å². The fraction of sp³-hybridized carbons (Fsp3) is 0.833. The molecule has 1 aliphatic heterocycles. The van der Waals surface area contributed by atoms with E-state index in [1.807, 2.05) is 13.8 Å². The molecule has 5 unspecified atom stereocenters. The zero-order valence-electron chi connectivity index (χ0n) is 18.4. The van der Waals surface area contributed by atoms with Crippen LogP contribution in [0.3, 0.4) is 0 Å². The Morgan fingerprint density at radius 1 is 1.07 bits per heavy atom. The second kappa shape index (κ2) is 10.2. The summed E-state index contributed by atoms with van der Waals surface area (Å²) in [5.74, 6) is -1.91. The highest BCUT2D eigenvalue weighted by atomic mass is 28.4. The molecule has 5 atom stereocenters. The molecular formula is C18H31N3O8Si. The predicted octanol–water partition coefficient (Wildman–Crippen LogP) is 2.23. The number of hydrogen-bond donors (Lipinski definition) is 1. The Balaban J connectivity index is 3.41. The second-order valence-electron chi connectivity index (χ2n) is 8.51. The van der Waals surface area contributed by atoms with Crippen molar-refractivity contribution in [3.8, 4) is 0 Å². The summed E-state index contributed by atoms with van der Waals surface area (Å²) < 4.78 is 21.8. The SMILES string of the molecule is CC(=O)OCC1OC(CC(C)(C)[Si](C)(C)O)C(N=[N+]=[N-])C(OC(C)=O)C1OC(C)=O. The van der Waals surface area contributed by atoms with Crippen molar-refractivity contribution < 1.29 is 38.1 Å². The van der Waals surface area contributed by atoms with Crippen LogP contribution in [0.25, 0.3) is 10.4 Å². The van der Waals surface area contributed by atoms with Gasteiger partial charge in [-0.25, -0.2) is 0 Å². The van der Waals surface area contributed by atoms with E-state index < -0.39 is 61.7 Å². The van der Waals surface area contributed by atoms with E-state index in [4.69, 9.17) is 24.5 Å². The maximum Gasteiger partial charge on any atom is 0.303 e. The van der Waals surface area contributed by atoms with Gasteiger partial charge < -0.3 is 23.7 Å². The molecule has 1 heterocycles. The van der Waals surface area contributed by atoms with Crippen molar-refractivity contribution in [2.24, 2.45) is 5.11 Å². The van der Waals surface area contributed by atoms with E-state index in [-0.39, 0.29) is 13.0 Å². The van der Waals surface area contributed by atoms with E-state index in [1.54, 1.807) is 13.1 Å². The summed E-state index contributed by atoms with van der Waals surface area (Å²) in [4.78, 5) is 48.3. The molecule has 0 saturated carbocycles. The molecule has 1 aliphatic rings. The molecular weight excluding hydrogens is 414 g/mol. The Morgan fingerprint density at radius 3 is 2.03 bits per heavy atom. The highest BCUT2D eigenvalue weighted by Crippen LogP contribution is 2.43. The van der Waals surface area contributed by atoms with Gasteiger partial charge in [-0.15, -0.1) is 0 Å². The van der Waals surface area contributed by atoms with E-state index in [1.165, 1.54) is 20.8 Å². The number of nitrogens with zero attached hydrogens (tertiary/aromatic N) is 3. The fourth-order valence-corrected chi connectivity index (χ4v) is 3.82. The largest absolute Gasteiger partial charge is 0.463 e. The number of esters is 3. The van der Waals surface area contributed by atoms with Crippen LogP contribution in [0.5, 0.6) is 0 Å². The minimum absolute atomic E-state index is 0.259. The van der Waals surface area contributed by atoms with Gasteiger partial charge in [-0.1, -0.05) is 19.0 Å².